The van der Waals surface area contributed by atoms with Gasteiger partial charge in [0, 0.05) is 12.5 Å². The van der Waals surface area contributed by atoms with E-state index in [1.54, 1.807) is 0 Å². The van der Waals surface area contributed by atoms with Crippen LogP contribution in [0.4, 0.5) is 0 Å². The van der Waals surface area contributed by atoms with E-state index in [9.17, 15) is 0 Å². The third kappa shape index (κ3) is 3.58. The molecule has 0 bridgehead atoms. The highest BCUT2D eigenvalue weighted by molar-refractivity contribution is 5.39. The number of aryl methyl sites for hydroxylation is 1. The second-order valence-corrected chi connectivity index (χ2v) is 6.31. The van der Waals surface area contributed by atoms with Crippen LogP contribution in [0.5, 0.6) is 5.75 Å². The van der Waals surface area contributed by atoms with E-state index < -0.39 is 0 Å². The lowest BCUT2D eigenvalue weighted by molar-refractivity contribution is 0.0305. The lowest BCUT2D eigenvalue weighted by Crippen LogP contribution is -2.40. The Labute approximate surface area is 128 Å². The summed E-state index contributed by atoms with van der Waals surface area (Å²) in [5.74, 6) is 1.08. The summed E-state index contributed by atoms with van der Waals surface area (Å²) in [5.41, 5.74) is 2.80. The number of nitrogens with one attached hydrogen (secondary N) is 1. The van der Waals surface area contributed by atoms with Crippen LogP contribution in [-0.2, 0) is 17.6 Å². The first kappa shape index (κ1) is 14.9. The highest BCUT2D eigenvalue weighted by Gasteiger charge is 2.28. The first-order valence-electron chi connectivity index (χ1n) is 8.39. The molecule has 1 aromatic carbocycles. The zero-order chi connectivity index (χ0) is 14.7. The number of fused-ring (bicyclic) bond motifs is 1. The summed E-state index contributed by atoms with van der Waals surface area (Å²) in [6.07, 6.45) is 6.51. The van der Waals surface area contributed by atoms with E-state index in [4.69, 9.17) is 9.47 Å². The third-order valence-electron chi connectivity index (χ3n) is 4.68. The maximum Gasteiger partial charge on any atom is 0.122 e. The van der Waals surface area contributed by atoms with Gasteiger partial charge >= 0.3 is 0 Å². The lowest BCUT2D eigenvalue weighted by Gasteiger charge is -2.24. The molecule has 1 aromatic rings. The Bertz CT molecular complexity index is 474. The van der Waals surface area contributed by atoms with Gasteiger partial charge in [0.15, 0.2) is 0 Å². The van der Waals surface area contributed by atoms with Crippen LogP contribution >= 0.6 is 0 Å². The molecule has 1 fully saturated rings. The molecular formula is C18H27NO2. The van der Waals surface area contributed by atoms with Crippen LogP contribution in [0.25, 0.3) is 0 Å². The van der Waals surface area contributed by atoms with Crippen molar-refractivity contribution in [3.05, 3.63) is 29.3 Å². The standard InChI is InChI=1S/C18H27NO2/c1-3-19-16(18-8-4-13(2)21-18)7-5-14-6-9-17-15(12-14)10-11-20-17/h6,9,12-13,16,18-19H,3-5,7-8,10-11H2,1-2H3. The Morgan fingerprint density at radius 1 is 1.33 bits per heavy atom. The molecule has 3 nitrogen and oxygen atoms in total. The minimum Gasteiger partial charge on any atom is -0.493 e. The number of benzene rings is 1. The van der Waals surface area contributed by atoms with E-state index in [0.717, 1.165) is 38.2 Å². The minimum atomic E-state index is 0.387. The van der Waals surface area contributed by atoms with Gasteiger partial charge in [-0.15, -0.1) is 0 Å². The van der Waals surface area contributed by atoms with Crippen LogP contribution in [0.3, 0.4) is 0 Å². The maximum atomic E-state index is 6.06. The second-order valence-electron chi connectivity index (χ2n) is 6.31. The van der Waals surface area contributed by atoms with Gasteiger partial charge in [-0.1, -0.05) is 19.1 Å². The van der Waals surface area contributed by atoms with Crippen molar-refractivity contribution in [2.75, 3.05) is 13.2 Å². The van der Waals surface area contributed by atoms with Gasteiger partial charge in [0.05, 0.1) is 18.8 Å². The number of hydrogen-bond acceptors (Lipinski definition) is 3. The average molecular weight is 289 g/mol. The average Bonchev–Trinajstić information content (AvgIpc) is 3.11. The fourth-order valence-electron chi connectivity index (χ4n) is 3.53. The molecular weight excluding hydrogens is 262 g/mol. The fourth-order valence-corrected chi connectivity index (χ4v) is 3.53. The van der Waals surface area contributed by atoms with Gasteiger partial charge in [0.1, 0.15) is 5.75 Å². The number of rotatable bonds is 6. The topological polar surface area (TPSA) is 30.5 Å². The van der Waals surface area contributed by atoms with Gasteiger partial charge in [-0.2, -0.15) is 0 Å². The quantitative estimate of drug-likeness (QED) is 0.873. The summed E-state index contributed by atoms with van der Waals surface area (Å²) in [4.78, 5) is 0. The fraction of sp³-hybridized carbons (Fsp3) is 0.667. The largest absolute Gasteiger partial charge is 0.493 e. The van der Waals surface area contributed by atoms with Gasteiger partial charge in [0.25, 0.3) is 0 Å². The molecule has 21 heavy (non-hydrogen) atoms. The molecule has 0 amide bonds. The molecule has 0 saturated carbocycles. The summed E-state index contributed by atoms with van der Waals surface area (Å²) in [7, 11) is 0. The summed E-state index contributed by atoms with van der Waals surface area (Å²) >= 11 is 0. The van der Waals surface area contributed by atoms with Crippen LogP contribution in [-0.4, -0.2) is 31.4 Å². The van der Waals surface area contributed by atoms with Crippen LogP contribution in [0.2, 0.25) is 0 Å². The molecule has 3 atom stereocenters. The molecule has 0 aromatic heterocycles. The summed E-state index contributed by atoms with van der Waals surface area (Å²) < 4.78 is 11.6. The van der Waals surface area contributed by atoms with Gasteiger partial charge in [-0.25, -0.2) is 0 Å². The molecule has 3 heteroatoms. The van der Waals surface area contributed by atoms with Crippen molar-refractivity contribution in [3.8, 4) is 5.75 Å². The molecule has 1 N–H and O–H groups in total. The van der Waals surface area contributed by atoms with Crippen LogP contribution in [0, 0.1) is 0 Å². The molecule has 0 spiro atoms. The molecule has 3 rings (SSSR count). The normalized spacial score (nSPS) is 25.6. The summed E-state index contributed by atoms with van der Waals surface area (Å²) in [5, 5.41) is 3.62. The number of hydrogen-bond donors (Lipinski definition) is 1. The number of likely N-dealkylation sites (N-methyl/N-ethyl adjacent to an activating group) is 1. The molecule has 2 aliphatic heterocycles. The molecule has 2 aliphatic rings. The SMILES string of the molecule is CCNC(CCc1ccc2c(c1)CCO2)C1CCC(C)O1. The first-order valence-corrected chi connectivity index (χ1v) is 8.39. The van der Waals surface area contributed by atoms with Gasteiger partial charge < -0.3 is 14.8 Å². The Morgan fingerprint density at radius 3 is 3.00 bits per heavy atom. The highest BCUT2D eigenvalue weighted by Crippen LogP contribution is 2.27. The van der Waals surface area contributed by atoms with Crippen molar-refractivity contribution in [2.24, 2.45) is 0 Å². The number of ether oxygens (including phenoxy) is 2. The Balaban J connectivity index is 1.58. The molecule has 0 radical (unpaired) electrons. The zero-order valence-electron chi connectivity index (χ0n) is 13.2. The van der Waals surface area contributed by atoms with Crippen molar-refractivity contribution in [3.63, 3.8) is 0 Å². The van der Waals surface area contributed by atoms with Gasteiger partial charge in [-0.3, -0.25) is 0 Å². The van der Waals surface area contributed by atoms with Crippen molar-refractivity contribution in [1.29, 1.82) is 0 Å². The smallest absolute Gasteiger partial charge is 0.122 e. The Hall–Kier alpha value is -1.06. The first-order chi connectivity index (χ1) is 10.3. The van der Waals surface area contributed by atoms with Gasteiger partial charge in [0.2, 0.25) is 0 Å². The van der Waals surface area contributed by atoms with E-state index in [1.807, 2.05) is 0 Å². The van der Waals surface area contributed by atoms with E-state index in [0.29, 0.717) is 18.2 Å². The highest BCUT2D eigenvalue weighted by atomic mass is 16.5. The van der Waals surface area contributed by atoms with Gasteiger partial charge in [-0.05, 0) is 56.3 Å². The second kappa shape index (κ2) is 6.80. The predicted molar refractivity (Wildman–Crippen MR) is 85.0 cm³/mol. The van der Waals surface area contributed by atoms with E-state index in [-0.39, 0.29) is 0 Å². The molecule has 0 aliphatic carbocycles. The van der Waals surface area contributed by atoms with Crippen LogP contribution < -0.4 is 10.1 Å². The van der Waals surface area contributed by atoms with Crippen molar-refractivity contribution < 1.29 is 9.47 Å². The zero-order valence-corrected chi connectivity index (χ0v) is 13.2. The monoisotopic (exact) mass is 289 g/mol. The van der Waals surface area contributed by atoms with E-state index >= 15 is 0 Å². The lowest BCUT2D eigenvalue weighted by atomic mass is 9.98. The molecule has 116 valence electrons. The van der Waals surface area contributed by atoms with Crippen molar-refractivity contribution in [2.45, 2.75) is 64.2 Å². The molecule has 3 unspecified atom stereocenters. The van der Waals surface area contributed by atoms with Crippen LogP contribution in [0.1, 0.15) is 44.2 Å². The van der Waals surface area contributed by atoms with Crippen molar-refractivity contribution in [1.82, 2.24) is 5.32 Å². The maximum absolute atomic E-state index is 6.06. The molecule has 2 heterocycles. The minimum absolute atomic E-state index is 0.387. The van der Waals surface area contributed by atoms with E-state index in [1.165, 1.54) is 24.0 Å². The predicted octanol–water partition coefficient (Wildman–Crippen LogP) is 3.10. The Kier molecular flexibility index (Phi) is 4.81. The summed E-state index contributed by atoms with van der Waals surface area (Å²) in [6, 6.07) is 7.15. The third-order valence-corrected chi connectivity index (χ3v) is 4.68. The summed E-state index contributed by atoms with van der Waals surface area (Å²) in [6.45, 7) is 6.21. The van der Waals surface area contributed by atoms with Crippen LogP contribution in [0.15, 0.2) is 18.2 Å². The van der Waals surface area contributed by atoms with E-state index in [2.05, 4.69) is 37.4 Å². The van der Waals surface area contributed by atoms with Crippen molar-refractivity contribution >= 4 is 0 Å². The molecule has 1 saturated heterocycles. The Morgan fingerprint density at radius 2 is 2.24 bits per heavy atom.